The zero-order valence-corrected chi connectivity index (χ0v) is 12.1. The number of rotatable bonds is 2. The molecule has 108 valence electrons. The Kier molecular flexibility index (Phi) is 3.69. The van der Waals surface area contributed by atoms with Crippen LogP contribution in [-0.4, -0.2) is 34.7 Å². The van der Waals surface area contributed by atoms with Gasteiger partial charge < -0.3 is 4.90 Å². The number of carbonyl (C=O) groups is 2. The van der Waals surface area contributed by atoms with Crippen molar-refractivity contribution < 1.29 is 9.59 Å². The van der Waals surface area contributed by atoms with E-state index in [-0.39, 0.29) is 17.6 Å². The Hall–Kier alpha value is -2.23. The topological polar surface area (TPSA) is 50.3 Å². The molecule has 1 saturated heterocycles. The Morgan fingerprint density at radius 2 is 2.19 bits per heavy atom. The lowest BCUT2D eigenvalue weighted by Crippen LogP contribution is -2.44. The number of nitrogens with zero attached hydrogens (tertiary/aromatic N) is 2. The summed E-state index contributed by atoms with van der Waals surface area (Å²) in [4.78, 5) is 30.7. The van der Waals surface area contributed by atoms with Gasteiger partial charge in [-0.05, 0) is 24.6 Å². The Bertz CT molecular complexity index is 691. The van der Waals surface area contributed by atoms with Crippen LogP contribution in [0, 0.1) is 5.92 Å². The number of amides is 1. The third kappa shape index (κ3) is 2.53. The highest BCUT2D eigenvalue weighted by atomic mass is 16.2. The van der Waals surface area contributed by atoms with Gasteiger partial charge in [-0.25, -0.2) is 0 Å². The van der Waals surface area contributed by atoms with Gasteiger partial charge in [-0.3, -0.25) is 14.6 Å². The molecule has 0 aliphatic carbocycles. The molecule has 0 spiro atoms. The van der Waals surface area contributed by atoms with Crippen molar-refractivity contribution in [2.75, 3.05) is 13.1 Å². The number of benzene rings is 1. The molecular weight excluding hydrogens is 264 g/mol. The van der Waals surface area contributed by atoms with Crippen molar-refractivity contribution in [3.05, 3.63) is 42.1 Å². The van der Waals surface area contributed by atoms with E-state index in [4.69, 9.17) is 0 Å². The first-order valence-corrected chi connectivity index (χ1v) is 7.36. The number of fused-ring (bicyclic) bond motifs is 1. The van der Waals surface area contributed by atoms with Crippen LogP contribution in [0.4, 0.5) is 0 Å². The van der Waals surface area contributed by atoms with Crippen molar-refractivity contribution in [1.82, 2.24) is 9.88 Å². The van der Waals surface area contributed by atoms with Gasteiger partial charge in [-0.2, -0.15) is 0 Å². The first-order chi connectivity index (χ1) is 10.2. The van der Waals surface area contributed by atoms with E-state index in [2.05, 4.69) is 4.98 Å². The summed E-state index contributed by atoms with van der Waals surface area (Å²) < 4.78 is 0. The molecule has 1 aliphatic heterocycles. The number of hydrogen-bond acceptors (Lipinski definition) is 3. The van der Waals surface area contributed by atoms with Crippen LogP contribution >= 0.6 is 0 Å². The summed E-state index contributed by atoms with van der Waals surface area (Å²) >= 11 is 0. The van der Waals surface area contributed by atoms with Gasteiger partial charge in [0.05, 0.1) is 5.52 Å². The maximum atomic E-state index is 12.8. The summed E-state index contributed by atoms with van der Waals surface area (Å²) in [6.45, 7) is 3.05. The summed E-state index contributed by atoms with van der Waals surface area (Å²) in [6, 6.07) is 9.36. The van der Waals surface area contributed by atoms with Gasteiger partial charge in [0.25, 0.3) is 5.91 Å². The number of Topliss-reactive ketones (excluding diaryl/α,β-unsaturated/α-hetero) is 1. The number of aromatic nitrogens is 1. The van der Waals surface area contributed by atoms with Gasteiger partial charge in [-0.15, -0.1) is 0 Å². The third-order valence-corrected chi connectivity index (χ3v) is 4.18. The van der Waals surface area contributed by atoms with Gasteiger partial charge in [0.1, 0.15) is 5.78 Å². The van der Waals surface area contributed by atoms with Crippen molar-refractivity contribution in [2.24, 2.45) is 5.92 Å². The molecule has 0 N–H and O–H groups in total. The molecule has 1 aliphatic rings. The molecule has 1 aromatic carbocycles. The number of ketones is 1. The molecule has 1 fully saturated rings. The Morgan fingerprint density at radius 3 is 3.00 bits per heavy atom. The molecule has 0 saturated carbocycles. The van der Waals surface area contributed by atoms with Crippen LogP contribution in [-0.2, 0) is 4.79 Å². The Balaban J connectivity index is 1.92. The van der Waals surface area contributed by atoms with Crippen LogP contribution in [0.2, 0.25) is 0 Å². The number of pyridine rings is 1. The predicted octanol–water partition coefficient (Wildman–Crippen LogP) is 2.68. The lowest BCUT2D eigenvalue weighted by molar-refractivity contribution is -0.125. The van der Waals surface area contributed by atoms with Gasteiger partial charge in [-0.1, -0.05) is 19.1 Å². The molecule has 4 nitrogen and oxygen atoms in total. The fourth-order valence-corrected chi connectivity index (χ4v) is 2.91. The lowest BCUT2D eigenvalue weighted by Gasteiger charge is -2.31. The maximum absolute atomic E-state index is 12.8. The minimum atomic E-state index is -0.0178. The number of piperidine rings is 1. The van der Waals surface area contributed by atoms with Gasteiger partial charge >= 0.3 is 0 Å². The van der Waals surface area contributed by atoms with Gasteiger partial charge in [0, 0.05) is 42.6 Å². The van der Waals surface area contributed by atoms with Crippen molar-refractivity contribution >= 4 is 22.6 Å². The first kappa shape index (κ1) is 13.7. The van der Waals surface area contributed by atoms with Crippen LogP contribution in [0.15, 0.2) is 36.5 Å². The molecule has 1 atom stereocenters. The second-order valence-electron chi connectivity index (χ2n) is 5.45. The quantitative estimate of drug-likeness (QED) is 0.851. The molecule has 2 heterocycles. The van der Waals surface area contributed by atoms with Crippen LogP contribution < -0.4 is 0 Å². The highest BCUT2D eigenvalue weighted by Crippen LogP contribution is 2.22. The van der Waals surface area contributed by atoms with E-state index in [0.717, 1.165) is 17.3 Å². The molecule has 0 bridgehead atoms. The van der Waals surface area contributed by atoms with E-state index in [9.17, 15) is 9.59 Å². The van der Waals surface area contributed by atoms with Crippen molar-refractivity contribution in [3.8, 4) is 0 Å². The molecule has 1 aromatic heterocycles. The fraction of sp³-hybridized carbons (Fsp3) is 0.353. The summed E-state index contributed by atoms with van der Waals surface area (Å²) in [5, 5.41) is 0.870. The molecule has 3 rings (SSSR count). The average Bonchev–Trinajstić information content (AvgIpc) is 2.54. The van der Waals surface area contributed by atoms with Gasteiger partial charge in [0.15, 0.2) is 0 Å². The summed E-state index contributed by atoms with van der Waals surface area (Å²) in [5.41, 5.74) is 1.49. The standard InChI is InChI=1S/C17H18N2O2/c1-2-12-11-19(10-8-16(12)20)17(21)14-5-3-7-15-13(14)6-4-9-18-15/h3-7,9,12H,2,8,10-11H2,1H3. The van der Waals surface area contributed by atoms with E-state index in [1.165, 1.54) is 0 Å². The van der Waals surface area contributed by atoms with Crippen molar-refractivity contribution in [3.63, 3.8) is 0 Å². The normalized spacial score (nSPS) is 19.0. The highest BCUT2D eigenvalue weighted by molar-refractivity contribution is 6.06. The molecule has 1 unspecified atom stereocenters. The number of likely N-dealkylation sites (tertiary alicyclic amines) is 1. The van der Waals surface area contributed by atoms with Crippen LogP contribution in [0.3, 0.4) is 0 Å². The largest absolute Gasteiger partial charge is 0.337 e. The third-order valence-electron chi connectivity index (χ3n) is 4.18. The molecule has 1 amide bonds. The highest BCUT2D eigenvalue weighted by Gasteiger charge is 2.29. The second-order valence-corrected chi connectivity index (χ2v) is 5.45. The van der Waals surface area contributed by atoms with Crippen molar-refractivity contribution in [1.29, 1.82) is 0 Å². The van der Waals surface area contributed by atoms with E-state index in [1.54, 1.807) is 11.1 Å². The van der Waals surface area contributed by atoms with E-state index >= 15 is 0 Å². The van der Waals surface area contributed by atoms with E-state index in [0.29, 0.717) is 25.1 Å². The second kappa shape index (κ2) is 5.64. The summed E-state index contributed by atoms with van der Waals surface area (Å²) in [5.74, 6) is 0.261. The Labute approximate surface area is 123 Å². The maximum Gasteiger partial charge on any atom is 0.254 e. The zero-order chi connectivity index (χ0) is 14.8. The summed E-state index contributed by atoms with van der Waals surface area (Å²) in [7, 11) is 0. The van der Waals surface area contributed by atoms with E-state index < -0.39 is 0 Å². The minimum absolute atomic E-state index is 0.000417. The SMILES string of the molecule is CCC1CN(C(=O)c2cccc3ncccc23)CCC1=O. The lowest BCUT2D eigenvalue weighted by atomic mass is 9.93. The molecule has 4 heteroatoms. The number of hydrogen-bond donors (Lipinski definition) is 0. The average molecular weight is 282 g/mol. The van der Waals surface area contributed by atoms with Crippen molar-refractivity contribution in [2.45, 2.75) is 19.8 Å². The zero-order valence-electron chi connectivity index (χ0n) is 12.1. The first-order valence-electron chi connectivity index (χ1n) is 7.36. The molecule has 2 aromatic rings. The van der Waals surface area contributed by atoms with Crippen LogP contribution in [0.5, 0.6) is 0 Å². The van der Waals surface area contributed by atoms with Crippen LogP contribution in [0.25, 0.3) is 10.9 Å². The fourth-order valence-electron chi connectivity index (χ4n) is 2.91. The Morgan fingerprint density at radius 1 is 1.33 bits per heavy atom. The monoisotopic (exact) mass is 282 g/mol. The van der Waals surface area contributed by atoms with E-state index in [1.807, 2.05) is 37.3 Å². The minimum Gasteiger partial charge on any atom is -0.337 e. The summed E-state index contributed by atoms with van der Waals surface area (Å²) in [6.07, 6.45) is 2.98. The number of carbonyl (C=O) groups excluding carboxylic acids is 2. The molecule has 21 heavy (non-hydrogen) atoms. The van der Waals surface area contributed by atoms with Crippen LogP contribution in [0.1, 0.15) is 30.1 Å². The van der Waals surface area contributed by atoms with Gasteiger partial charge in [0.2, 0.25) is 0 Å². The molecular formula is C17H18N2O2. The molecule has 0 radical (unpaired) electrons. The predicted molar refractivity (Wildman–Crippen MR) is 81.1 cm³/mol. The smallest absolute Gasteiger partial charge is 0.254 e.